The minimum absolute atomic E-state index is 0.0108. The molecule has 0 atom stereocenters. The number of aryl methyl sites for hydroxylation is 1. The lowest BCUT2D eigenvalue weighted by molar-refractivity contribution is 0.0974. The number of benzene rings is 1. The number of thiophene rings is 1. The van der Waals surface area contributed by atoms with Crippen LogP contribution in [0.1, 0.15) is 29.1 Å². The summed E-state index contributed by atoms with van der Waals surface area (Å²) in [5.41, 5.74) is 0.469. The van der Waals surface area contributed by atoms with Crippen molar-refractivity contribution in [2.45, 2.75) is 32.2 Å². The van der Waals surface area contributed by atoms with E-state index in [0.29, 0.717) is 18.0 Å². The summed E-state index contributed by atoms with van der Waals surface area (Å²) in [6.45, 7) is 5.86. The van der Waals surface area contributed by atoms with E-state index < -0.39 is 15.6 Å². The molecule has 2 aromatic heterocycles. The van der Waals surface area contributed by atoms with Crippen molar-refractivity contribution in [3.05, 3.63) is 63.4 Å². The molecule has 0 saturated heterocycles. The number of hydrogen-bond acceptors (Lipinski definition) is 5. The van der Waals surface area contributed by atoms with Gasteiger partial charge in [0.05, 0.1) is 16.3 Å². The minimum atomic E-state index is -3.70. The van der Waals surface area contributed by atoms with E-state index in [1.165, 1.54) is 38.5 Å². The summed E-state index contributed by atoms with van der Waals surface area (Å²) in [5, 5.41) is 1.01. The lowest BCUT2D eigenvalue weighted by Crippen LogP contribution is -2.32. The first-order chi connectivity index (χ1) is 13.3. The fraction of sp³-hybridized carbons (Fsp3) is 0.300. The topological polar surface area (TPSA) is 76.5 Å². The van der Waals surface area contributed by atoms with Crippen LogP contribution in [0.2, 0.25) is 0 Å². The molecule has 0 radical (unpaired) electrons. The van der Waals surface area contributed by atoms with Gasteiger partial charge < -0.3 is 4.57 Å². The van der Waals surface area contributed by atoms with Crippen molar-refractivity contribution in [1.29, 1.82) is 0 Å². The molecule has 0 amide bonds. The molecule has 3 rings (SSSR count). The second-order valence-electron chi connectivity index (χ2n) is 6.40. The van der Waals surface area contributed by atoms with Crippen LogP contribution in [0.5, 0.6) is 0 Å². The molecule has 148 valence electrons. The predicted molar refractivity (Wildman–Crippen MR) is 112 cm³/mol. The molecule has 0 aliphatic heterocycles. The van der Waals surface area contributed by atoms with E-state index >= 15 is 0 Å². The van der Waals surface area contributed by atoms with E-state index in [0.717, 1.165) is 15.6 Å². The zero-order valence-electron chi connectivity index (χ0n) is 16.0. The molecule has 0 aliphatic rings. The van der Waals surface area contributed by atoms with Crippen molar-refractivity contribution in [1.82, 2.24) is 8.87 Å². The van der Waals surface area contributed by atoms with Crippen LogP contribution in [0, 0.1) is 6.92 Å². The van der Waals surface area contributed by atoms with Crippen LogP contribution in [-0.4, -0.2) is 36.2 Å². The van der Waals surface area contributed by atoms with E-state index in [1.807, 2.05) is 31.2 Å². The first-order valence-corrected chi connectivity index (χ1v) is 11.3. The molecule has 0 fully saturated rings. The van der Waals surface area contributed by atoms with E-state index in [2.05, 4.69) is 0 Å². The lowest BCUT2D eigenvalue weighted by Gasteiger charge is -2.18. The monoisotopic (exact) mass is 418 g/mol. The number of aromatic nitrogens is 1. The van der Waals surface area contributed by atoms with Crippen LogP contribution >= 0.6 is 11.3 Å². The third-order valence-corrected chi connectivity index (χ3v) is 8.06. The number of ketones is 1. The van der Waals surface area contributed by atoms with E-state index in [1.54, 1.807) is 13.8 Å². The maximum Gasteiger partial charge on any atom is 0.251 e. The van der Waals surface area contributed by atoms with Crippen molar-refractivity contribution in [2.75, 3.05) is 13.1 Å². The summed E-state index contributed by atoms with van der Waals surface area (Å²) >= 11 is 1.39. The number of fused-ring (bicyclic) bond motifs is 1. The molecule has 0 spiro atoms. The van der Waals surface area contributed by atoms with Gasteiger partial charge in [0, 0.05) is 30.1 Å². The zero-order chi connectivity index (χ0) is 20.5. The molecule has 28 heavy (non-hydrogen) atoms. The quantitative estimate of drug-likeness (QED) is 0.552. The van der Waals surface area contributed by atoms with Crippen LogP contribution in [0.25, 0.3) is 10.1 Å². The maximum atomic E-state index is 12.9. The van der Waals surface area contributed by atoms with Crippen molar-refractivity contribution in [2.24, 2.45) is 0 Å². The van der Waals surface area contributed by atoms with Gasteiger partial charge in [-0.15, -0.1) is 11.3 Å². The Morgan fingerprint density at radius 2 is 1.79 bits per heavy atom. The van der Waals surface area contributed by atoms with Crippen LogP contribution in [0.15, 0.2) is 52.3 Å². The fourth-order valence-electron chi connectivity index (χ4n) is 3.16. The zero-order valence-corrected chi connectivity index (χ0v) is 17.6. The highest BCUT2D eigenvalue weighted by Gasteiger charge is 2.23. The molecule has 6 nitrogen and oxygen atoms in total. The summed E-state index contributed by atoms with van der Waals surface area (Å²) in [7, 11) is -3.70. The molecule has 0 bridgehead atoms. The molecular weight excluding hydrogens is 396 g/mol. The molecule has 8 heteroatoms. The van der Waals surface area contributed by atoms with Crippen molar-refractivity contribution in [3.8, 4) is 0 Å². The Kier molecular flexibility index (Phi) is 5.83. The second-order valence-corrected chi connectivity index (χ2v) is 9.39. The SMILES string of the molecule is CCN(CC)S(=O)(=O)c1ccc(=O)n(CC(=O)c2sc3ccccc3c2C)c1. The van der Waals surface area contributed by atoms with Crippen LogP contribution < -0.4 is 5.56 Å². The highest BCUT2D eigenvalue weighted by atomic mass is 32.2. The Morgan fingerprint density at radius 3 is 2.43 bits per heavy atom. The fourth-order valence-corrected chi connectivity index (χ4v) is 5.78. The largest absolute Gasteiger partial charge is 0.306 e. The number of rotatable bonds is 7. The second kappa shape index (κ2) is 7.98. The maximum absolute atomic E-state index is 12.9. The molecule has 3 aromatic rings. The predicted octanol–water partition coefficient (Wildman–Crippen LogP) is 3.28. The van der Waals surface area contributed by atoms with Crippen molar-refractivity contribution in [3.63, 3.8) is 0 Å². The molecule has 0 N–H and O–H groups in total. The first-order valence-electron chi connectivity index (χ1n) is 9.01. The van der Waals surface area contributed by atoms with Gasteiger partial charge in [-0.3, -0.25) is 9.59 Å². The third-order valence-electron chi connectivity index (χ3n) is 4.71. The number of sulfonamides is 1. The van der Waals surface area contributed by atoms with Gasteiger partial charge in [-0.2, -0.15) is 4.31 Å². The highest BCUT2D eigenvalue weighted by Crippen LogP contribution is 2.31. The van der Waals surface area contributed by atoms with Gasteiger partial charge in [0.25, 0.3) is 5.56 Å². The summed E-state index contributed by atoms with van der Waals surface area (Å²) < 4.78 is 28.9. The molecule has 1 aromatic carbocycles. The van der Waals surface area contributed by atoms with Crippen molar-refractivity contribution >= 4 is 37.2 Å². The van der Waals surface area contributed by atoms with E-state index in [9.17, 15) is 18.0 Å². The first kappa shape index (κ1) is 20.4. The standard InChI is InChI=1S/C20H22N2O4S2/c1-4-22(5-2)28(25,26)15-10-11-19(24)21(12-15)13-17(23)20-14(3)16-8-6-7-9-18(16)27-20/h6-12H,4-5,13H2,1-3H3. The third kappa shape index (κ3) is 3.67. The Hall–Kier alpha value is -2.29. The smallest absolute Gasteiger partial charge is 0.251 e. The average molecular weight is 419 g/mol. The lowest BCUT2D eigenvalue weighted by atomic mass is 10.1. The molecule has 2 heterocycles. The number of pyridine rings is 1. The Bertz CT molecular complexity index is 1190. The van der Waals surface area contributed by atoms with Crippen LogP contribution in [0.4, 0.5) is 0 Å². The number of carbonyl (C=O) groups is 1. The van der Waals surface area contributed by atoms with Gasteiger partial charge in [0.1, 0.15) is 0 Å². The van der Waals surface area contributed by atoms with E-state index in [4.69, 9.17) is 0 Å². The molecule has 0 unspecified atom stereocenters. The number of carbonyl (C=O) groups excluding carboxylic acids is 1. The molecule has 0 aliphatic carbocycles. The number of nitrogens with zero attached hydrogens (tertiary/aromatic N) is 2. The normalized spacial score (nSPS) is 12.0. The van der Waals surface area contributed by atoms with Gasteiger partial charge in [-0.1, -0.05) is 32.0 Å². The Labute approximate surface area is 168 Å². The van der Waals surface area contributed by atoms with Gasteiger partial charge in [-0.05, 0) is 30.0 Å². The summed E-state index contributed by atoms with van der Waals surface area (Å²) in [6, 6.07) is 10.2. The Morgan fingerprint density at radius 1 is 1.11 bits per heavy atom. The average Bonchev–Trinajstić information content (AvgIpc) is 3.01. The van der Waals surface area contributed by atoms with Crippen molar-refractivity contribution < 1.29 is 13.2 Å². The van der Waals surface area contributed by atoms with E-state index in [-0.39, 0.29) is 17.2 Å². The molecular formula is C20H22N2O4S2. The van der Waals surface area contributed by atoms with Crippen LogP contribution in [-0.2, 0) is 16.6 Å². The Balaban J connectivity index is 1.97. The molecule has 0 saturated carbocycles. The van der Waals surface area contributed by atoms with Gasteiger partial charge >= 0.3 is 0 Å². The van der Waals surface area contributed by atoms with Gasteiger partial charge in [0.15, 0.2) is 5.78 Å². The highest BCUT2D eigenvalue weighted by molar-refractivity contribution is 7.89. The van der Waals surface area contributed by atoms with Gasteiger partial charge in [-0.25, -0.2) is 8.42 Å². The summed E-state index contributed by atoms with van der Waals surface area (Å²) in [6.07, 6.45) is 1.26. The minimum Gasteiger partial charge on any atom is -0.306 e. The summed E-state index contributed by atoms with van der Waals surface area (Å²) in [5.74, 6) is -0.210. The van der Waals surface area contributed by atoms with Gasteiger partial charge in [0.2, 0.25) is 10.0 Å². The van der Waals surface area contributed by atoms with Crippen LogP contribution in [0.3, 0.4) is 0 Å². The number of Topliss-reactive ketones (excluding diaryl/α,β-unsaturated/α-hetero) is 1. The summed E-state index contributed by atoms with van der Waals surface area (Å²) in [4.78, 5) is 25.7. The number of hydrogen-bond donors (Lipinski definition) is 0.